The van der Waals surface area contributed by atoms with Crippen molar-refractivity contribution in [3.05, 3.63) is 0 Å². The Bertz CT molecular complexity index is 265. The van der Waals surface area contributed by atoms with Crippen molar-refractivity contribution in [2.45, 2.75) is 45.6 Å². The molecule has 3 rings (SSSR count). The summed E-state index contributed by atoms with van der Waals surface area (Å²) in [6.45, 7) is 10.2. The maximum Gasteiger partial charge on any atom is 0.00970 e. The predicted octanol–water partition coefficient (Wildman–Crippen LogP) is 2.26. The van der Waals surface area contributed by atoms with E-state index < -0.39 is 0 Å². The molecule has 2 bridgehead atoms. The van der Waals surface area contributed by atoms with E-state index in [1.807, 2.05) is 0 Å². The Balaban J connectivity index is 1.30. The van der Waals surface area contributed by atoms with Gasteiger partial charge in [0.2, 0.25) is 0 Å². The summed E-state index contributed by atoms with van der Waals surface area (Å²) in [7, 11) is 0. The van der Waals surface area contributed by atoms with Crippen LogP contribution in [0.5, 0.6) is 0 Å². The number of rotatable bonds is 5. The summed E-state index contributed by atoms with van der Waals surface area (Å²) in [5, 5.41) is 7.19. The standard InChI is InChI=1S/C15H28N2/c1-15(2,3)17-7-6-16-9-12-13-10-4-5-11(8-10)14(12)13/h10-14,16-17H,4-9H2,1-3H3. The lowest BCUT2D eigenvalue weighted by Gasteiger charge is -2.20. The molecule has 3 aliphatic rings. The molecule has 2 nitrogen and oxygen atoms in total. The third-order valence-corrected chi connectivity index (χ3v) is 5.23. The maximum atomic E-state index is 3.65. The van der Waals surface area contributed by atoms with E-state index in [1.165, 1.54) is 6.54 Å². The summed E-state index contributed by atoms with van der Waals surface area (Å²) in [5.41, 5.74) is 0.261. The molecular formula is C15H28N2. The van der Waals surface area contributed by atoms with Gasteiger partial charge in [-0.1, -0.05) is 0 Å². The average molecular weight is 236 g/mol. The van der Waals surface area contributed by atoms with Gasteiger partial charge >= 0.3 is 0 Å². The maximum absolute atomic E-state index is 3.65. The molecule has 0 aromatic rings. The molecule has 0 radical (unpaired) electrons. The van der Waals surface area contributed by atoms with Gasteiger partial charge in [0.25, 0.3) is 0 Å². The predicted molar refractivity (Wildman–Crippen MR) is 71.9 cm³/mol. The SMILES string of the molecule is CC(C)(C)NCCNCC1C2C3CCC(C3)C12. The van der Waals surface area contributed by atoms with Crippen LogP contribution in [0, 0.1) is 29.6 Å². The summed E-state index contributed by atoms with van der Waals surface area (Å²) in [4.78, 5) is 0. The summed E-state index contributed by atoms with van der Waals surface area (Å²) in [6.07, 6.45) is 4.68. The van der Waals surface area contributed by atoms with E-state index in [-0.39, 0.29) is 5.54 Å². The number of hydrogen-bond donors (Lipinski definition) is 2. The molecule has 17 heavy (non-hydrogen) atoms. The van der Waals surface area contributed by atoms with Gasteiger partial charge in [-0.05, 0) is 76.2 Å². The number of hydrogen-bond acceptors (Lipinski definition) is 2. The van der Waals surface area contributed by atoms with E-state index >= 15 is 0 Å². The molecule has 0 aromatic heterocycles. The first kappa shape index (κ1) is 12.0. The highest BCUT2D eigenvalue weighted by molar-refractivity contribution is 5.13. The molecule has 0 spiro atoms. The summed E-state index contributed by atoms with van der Waals surface area (Å²) >= 11 is 0. The molecular weight excluding hydrogens is 208 g/mol. The highest BCUT2D eigenvalue weighted by Gasteiger charge is 2.64. The highest BCUT2D eigenvalue weighted by atomic mass is 15.0. The van der Waals surface area contributed by atoms with Crippen molar-refractivity contribution < 1.29 is 0 Å². The minimum Gasteiger partial charge on any atom is -0.315 e. The van der Waals surface area contributed by atoms with Crippen LogP contribution in [0.4, 0.5) is 0 Å². The fourth-order valence-corrected chi connectivity index (χ4v) is 4.57. The van der Waals surface area contributed by atoms with Crippen LogP contribution >= 0.6 is 0 Å². The van der Waals surface area contributed by atoms with Crippen LogP contribution in [0.15, 0.2) is 0 Å². The molecule has 0 heterocycles. The van der Waals surface area contributed by atoms with Crippen LogP contribution < -0.4 is 10.6 Å². The average Bonchev–Trinajstić information content (AvgIpc) is 2.66. The second kappa shape index (κ2) is 4.24. The Morgan fingerprint density at radius 2 is 1.65 bits per heavy atom. The molecule has 3 saturated carbocycles. The van der Waals surface area contributed by atoms with E-state index in [1.54, 1.807) is 19.3 Å². The van der Waals surface area contributed by atoms with Gasteiger partial charge in [0.1, 0.15) is 0 Å². The van der Waals surface area contributed by atoms with Crippen molar-refractivity contribution in [2.75, 3.05) is 19.6 Å². The van der Waals surface area contributed by atoms with Crippen LogP contribution in [0.2, 0.25) is 0 Å². The smallest absolute Gasteiger partial charge is 0.00970 e. The van der Waals surface area contributed by atoms with Gasteiger partial charge in [-0.3, -0.25) is 0 Å². The molecule has 2 heteroatoms. The van der Waals surface area contributed by atoms with Crippen molar-refractivity contribution >= 4 is 0 Å². The molecule has 0 amide bonds. The van der Waals surface area contributed by atoms with E-state index in [4.69, 9.17) is 0 Å². The summed E-state index contributed by atoms with van der Waals surface area (Å²) < 4.78 is 0. The van der Waals surface area contributed by atoms with E-state index in [0.717, 1.165) is 42.7 Å². The number of nitrogens with one attached hydrogen (secondary N) is 2. The molecule has 4 unspecified atom stereocenters. The monoisotopic (exact) mass is 236 g/mol. The van der Waals surface area contributed by atoms with E-state index in [0.29, 0.717) is 0 Å². The van der Waals surface area contributed by atoms with Crippen molar-refractivity contribution in [3.63, 3.8) is 0 Å². The normalized spacial score (nSPS) is 42.9. The van der Waals surface area contributed by atoms with Crippen LogP contribution in [0.1, 0.15) is 40.0 Å². The molecule has 98 valence electrons. The first-order valence-electron chi connectivity index (χ1n) is 7.52. The Labute approximate surface area is 106 Å². The minimum absolute atomic E-state index is 0.261. The van der Waals surface area contributed by atoms with Gasteiger partial charge in [-0.2, -0.15) is 0 Å². The second-order valence-corrected chi connectivity index (χ2v) is 7.53. The third kappa shape index (κ3) is 2.39. The molecule has 0 saturated heterocycles. The van der Waals surface area contributed by atoms with Crippen molar-refractivity contribution in [3.8, 4) is 0 Å². The fourth-order valence-electron chi connectivity index (χ4n) is 4.57. The van der Waals surface area contributed by atoms with Gasteiger partial charge in [0.05, 0.1) is 0 Å². The van der Waals surface area contributed by atoms with Crippen molar-refractivity contribution in [1.82, 2.24) is 10.6 Å². The van der Waals surface area contributed by atoms with Gasteiger partial charge in [-0.15, -0.1) is 0 Å². The Hall–Kier alpha value is -0.0800. The molecule has 0 aliphatic heterocycles. The number of fused-ring (bicyclic) bond motifs is 5. The molecule has 3 fully saturated rings. The van der Waals surface area contributed by atoms with Gasteiger partial charge in [0, 0.05) is 18.6 Å². The zero-order valence-electron chi connectivity index (χ0n) is 11.6. The first-order chi connectivity index (χ1) is 8.06. The first-order valence-corrected chi connectivity index (χ1v) is 7.52. The Morgan fingerprint density at radius 3 is 2.24 bits per heavy atom. The van der Waals surface area contributed by atoms with Crippen LogP contribution in [-0.2, 0) is 0 Å². The Morgan fingerprint density at radius 1 is 1.00 bits per heavy atom. The van der Waals surface area contributed by atoms with Gasteiger partial charge < -0.3 is 10.6 Å². The lowest BCUT2D eigenvalue weighted by molar-refractivity contribution is 0.408. The van der Waals surface area contributed by atoms with E-state index in [2.05, 4.69) is 31.4 Å². The zero-order valence-corrected chi connectivity index (χ0v) is 11.6. The highest BCUT2D eigenvalue weighted by Crippen LogP contribution is 2.69. The Kier molecular flexibility index (Phi) is 2.99. The minimum atomic E-state index is 0.261. The van der Waals surface area contributed by atoms with Crippen LogP contribution in [0.25, 0.3) is 0 Å². The fraction of sp³-hybridized carbons (Fsp3) is 1.00. The zero-order chi connectivity index (χ0) is 12.0. The van der Waals surface area contributed by atoms with Crippen LogP contribution in [-0.4, -0.2) is 25.2 Å². The quantitative estimate of drug-likeness (QED) is 0.716. The molecule has 0 aromatic carbocycles. The van der Waals surface area contributed by atoms with Crippen molar-refractivity contribution in [1.29, 1.82) is 0 Å². The molecule has 2 N–H and O–H groups in total. The van der Waals surface area contributed by atoms with Gasteiger partial charge in [0.15, 0.2) is 0 Å². The van der Waals surface area contributed by atoms with Crippen molar-refractivity contribution in [2.24, 2.45) is 29.6 Å². The lowest BCUT2D eigenvalue weighted by atomic mass is 10.0. The third-order valence-electron chi connectivity index (χ3n) is 5.23. The topological polar surface area (TPSA) is 24.1 Å². The largest absolute Gasteiger partial charge is 0.315 e. The second-order valence-electron chi connectivity index (χ2n) is 7.53. The molecule has 3 aliphatic carbocycles. The molecule has 4 atom stereocenters. The van der Waals surface area contributed by atoms with Gasteiger partial charge in [-0.25, -0.2) is 0 Å². The summed E-state index contributed by atoms with van der Waals surface area (Å²) in [5.74, 6) is 5.58. The lowest BCUT2D eigenvalue weighted by Crippen LogP contribution is -2.40. The van der Waals surface area contributed by atoms with E-state index in [9.17, 15) is 0 Å². The summed E-state index contributed by atoms with van der Waals surface area (Å²) in [6, 6.07) is 0. The van der Waals surface area contributed by atoms with Crippen LogP contribution in [0.3, 0.4) is 0 Å².